The third kappa shape index (κ3) is 4.25. The number of nitrogens with zero attached hydrogens (tertiary/aromatic N) is 5. The number of amides is 1. The first kappa shape index (κ1) is 22.7. The summed E-state index contributed by atoms with van der Waals surface area (Å²) in [6, 6.07) is 17.2. The number of hydrogen-bond donors (Lipinski definition) is 2. The van der Waals surface area contributed by atoms with E-state index >= 15 is 0 Å². The lowest BCUT2D eigenvalue weighted by Gasteiger charge is -2.11. The number of nitrogens with two attached hydrogens (primary N) is 1. The van der Waals surface area contributed by atoms with Crippen LogP contribution in [0.25, 0.3) is 33.4 Å². The van der Waals surface area contributed by atoms with Crippen molar-refractivity contribution in [2.45, 2.75) is 6.92 Å². The number of aromatic nitrogens is 5. The quantitative estimate of drug-likeness (QED) is 0.331. The van der Waals surface area contributed by atoms with E-state index in [1.54, 1.807) is 25.4 Å². The number of benzene rings is 2. The zero-order valence-corrected chi connectivity index (χ0v) is 19.8. The Balaban J connectivity index is 1.59. The van der Waals surface area contributed by atoms with E-state index in [0.717, 1.165) is 27.8 Å². The van der Waals surface area contributed by atoms with Gasteiger partial charge in [-0.2, -0.15) is 0 Å². The molecule has 2 aromatic carbocycles. The third-order valence-corrected chi connectivity index (χ3v) is 5.69. The van der Waals surface area contributed by atoms with E-state index in [4.69, 9.17) is 10.5 Å². The first-order chi connectivity index (χ1) is 17.4. The summed E-state index contributed by atoms with van der Waals surface area (Å²) in [4.78, 5) is 28.9. The van der Waals surface area contributed by atoms with Crippen molar-refractivity contribution in [3.63, 3.8) is 0 Å². The molecule has 9 nitrogen and oxygen atoms in total. The number of anilines is 2. The van der Waals surface area contributed by atoms with Crippen LogP contribution in [0.5, 0.6) is 11.8 Å². The van der Waals surface area contributed by atoms with Crippen molar-refractivity contribution in [2.75, 3.05) is 11.1 Å². The minimum Gasteiger partial charge on any atom is -0.424 e. The van der Waals surface area contributed by atoms with Crippen LogP contribution in [-0.2, 0) is 11.8 Å². The van der Waals surface area contributed by atoms with Gasteiger partial charge in [-0.05, 0) is 48.4 Å². The Hall–Kier alpha value is -5.05. The van der Waals surface area contributed by atoms with Crippen molar-refractivity contribution >= 4 is 28.4 Å². The van der Waals surface area contributed by atoms with Crippen LogP contribution in [0.1, 0.15) is 6.92 Å². The zero-order valence-electron chi connectivity index (χ0n) is 19.8. The molecule has 5 rings (SSSR count). The van der Waals surface area contributed by atoms with Gasteiger partial charge in [-0.3, -0.25) is 4.79 Å². The normalized spacial score (nSPS) is 10.8. The van der Waals surface area contributed by atoms with Gasteiger partial charge < -0.3 is 20.4 Å². The van der Waals surface area contributed by atoms with Crippen LogP contribution in [0.15, 0.2) is 85.5 Å². The number of carbonyl (C=O) groups excluding carboxylic acids is 1. The zero-order chi connectivity index (χ0) is 25.2. The van der Waals surface area contributed by atoms with E-state index in [9.17, 15) is 4.79 Å². The first-order valence-electron chi connectivity index (χ1n) is 11.1. The van der Waals surface area contributed by atoms with Gasteiger partial charge in [-0.15, -0.1) is 0 Å². The average Bonchev–Trinajstić information content (AvgIpc) is 3.19. The number of ether oxygens (including phenoxy) is 1. The molecule has 0 aliphatic carbocycles. The van der Waals surface area contributed by atoms with Crippen LogP contribution in [0.2, 0.25) is 0 Å². The molecule has 1 amide bonds. The molecule has 0 saturated heterocycles. The lowest BCUT2D eigenvalue weighted by molar-refractivity contribution is -0.112. The fourth-order valence-electron chi connectivity index (χ4n) is 3.98. The van der Waals surface area contributed by atoms with Gasteiger partial charge in [0.2, 0.25) is 0 Å². The van der Waals surface area contributed by atoms with E-state index in [1.165, 1.54) is 6.33 Å². The van der Waals surface area contributed by atoms with Crippen LogP contribution >= 0.6 is 0 Å². The smallest absolute Gasteiger partial charge is 0.321 e. The lowest BCUT2D eigenvalue weighted by Crippen LogP contribution is -2.11. The molecule has 9 heteroatoms. The Morgan fingerprint density at radius 1 is 0.972 bits per heavy atom. The van der Waals surface area contributed by atoms with E-state index in [-0.39, 0.29) is 11.9 Å². The molecule has 0 aliphatic rings. The molecular weight excluding hydrogens is 454 g/mol. The molecule has 0 unspecified atom stereocenters. The predicted octanol–water partition coefficient (Wildman–Crippen LogP) is 4.98. The Kier molecular flexibility index (Phi) is 5.87. The molecule has 36 heavy (non-hydrogen) atoms. The van der Waals surface area contributed by atoms with Crippen LogP contribution < -0.4 is 15.8 Å². The highest BCUT2D eigenvalue weighted by Crippen LogP contribution is 2.42. The summed E-state index contributed by atoms with van der Waals surface area (Å²) in [7, 11) is 1.94. The fraction of sp³-hybridized carbons (Fsp3) is 0.0741. The second-order valence-corrected chi connectivity index (χ2v) is 8.21. The fourth-order valence-corrected chi connectivity index (χ4v) is 3.98. The Morgan fingerprint density at radius 2 is 1.64 bits per heavy atom. The Bertz CT molecular complexity index is 1580. The lowest BCUT2D eigenvalue weighted by atomic mass is 9.98. The number of aryl methyl sites for hydroxylation is 1. The Morgan fingerprint density at radius 3 is 2.31 bits per heavy atom. The molecular formula is C27H23N7O2. The maximum atomic E-state index is 12.0. The van der Waals surface area contributed by atoms with Crippen molar-refractivity contribution < 1.29 is 9.53 Å². The van der Waals surface area contributed by atoms with E-state index < -0.39 is 0 Å². The highest BCUT2D eigenvalue weighted by molar-refractivity contribution is 6.08. The van der Waals surface area contributed by atoms with Crippen LogP contribution in [0, 0.1) is 0 Å². The molecule has 3 heterocycles. The van der Waals surface area contributed by atoms with Crippen molar-refractivity contribution in [1.82, 2.24) is 24.5 Å². The molecule has 0 aliphatic heterocycles. The number of rotatable bonds is 6. The monoisotopic (exact) mass is 477 g/mol. The minimum absolute atomic E-state index is 0.223. The molecule has 0 fully saturated rings. The van der Waals surface area contributed by atoms with Gasteiger partial charge in [0, 0.05) is 36.3 Å². The van der Waals surface area contributed by atoms with Gasteiger partial charge >= 0.3 is 6.01 Å². The van der Waals surface area contributed by atoms with Crippen molar-refractivity contribution in [3.05, 3.63) is 85.5 Å². The Labute approximate surface area is 207 Å². The average molecular weight is 478 g/mol. The predicted molar refractivity (Wildman–Crippen MR) is 139 cm³/mol. The van der Waals surface area contributed by atoms with Gasteiger partial charge in [0.1, 0.15) is 23.5 Å². The number of fused-ring (bicyclic) bond motifs is 1. The maximum absolute atomic E-state index is 12.0. The minimum atomic E-state index is -0.223. The molecule has 3 N–H and O–H groups in total. The molecule has 0 spiro atoms. The summed E-state index contributed by atoms with van der Waals surface area (Å²) >= 11 is 0. The topological polar surface area (TPSA) is 121 Å². The molecule has 0 saturated carbocycles. The number of nitrogen functional groups attached to an aromatic ring is 1. The van der Waals surface area contributed by atoms with Gasteiger partial charge in [0.25, 0.3) is 5.91 Å². The SMILES string of the molecule is C=C(C)C(=O)Nc1ccc(-c2c(-c3ccc(Oc4ncccn4)cc3)c3c(N)ncnc3n2C)cc1. The van der Waals surface area contributed by atoms with Gasteiger partial charge in [0.05, 0.1) is 11.1 Å². The van der Waals surface area contributed by atoms with Gasteiger partial charge in [-0.25, -0.2) is 19.9 Å². The highest BCUT2D eigenvalue weighted by atomic mass is 16.5. The molecule has 0 atom stereocenters. The molecule has 0 bridgehead atoms. The summed E-state index contributed by atoms with van der Waals surface area (Å²) in [6.45, 7) is 5.35. The van der Waals surface area contributed by atoms with E-state index in [1.807, 2.05) is 60.1 Å². The summed E-state index contributed by atoms with van der Waals surface area (Å²) in [6.07, 6.45) is 4.70. The van der Waals surface area contributed by atoms with Crippen molar-refractivity contribution in [2.24, 2.45) is 7.05 Å². The van der Waals surface area contributed by atoms with Crippen molar-refractivity contribution in [1.29, 1.82) is 0 Å². The molecule has 5 aromatic rings. The van der Waals surface area contributed by atoms with Gasteiger partial charge in [0.15, 0.2) is 0 Å². The second kappa shape index (κ2) is 9.30. The molecule has 178 valence electrons. The summed E-state index contributed by atoms with van der Waals surface area (Å²) in [5.41, 5.74) is 11.8. The van der Waals surface area contributed by atoms with E-state index in [2.05, 4.69) is 31.8 Å². The molecule has 0 radical (unpaired) electrons. The first-order valence-corrected chi connectivity index (χ1v) is 11.1. The van der Waals surface area contributed by atoms with Gasteiger partial charge in [-0.1, -0.05) is 30.8 Å². The molecule has 3 aromatic heterocycles. The van der Waals surface area contributed by atoms with Crippen LogP contribution in [0.4, 0.5) is 11.5 Å². The second-order valence-electron chi connectivity index (χ2n) is 8.21. The number of nitrogens with one attached hydrogen (secondary N) is 1. The van der Waals surface area contributed by atoms with Crippen LogP contribution in [-0.4, -0.2) is 30.4 Å². The maximum Gasteiger partial charge on any atom is 0.321 e. The largest absolute Gasteiger partial charge is 0.424 e. The highest BCUT2D eigenvalue weighted by Gasteiger charge is 2.22. The standard InChI is InChI=1S/C27H23N7O2/c1-16(2)26(35)33-19-9-5-18(6-10-19)23-21(22-24(28)31-15-32-25(22)34(23)3)17-7-11-20(12-8-17)36-27-29-13-4-14-30-27/h4-15H,1H2,2-3H3,(H,33,35)(H2,28,31,32). The number of hydrogen-bond acceptors (Lipinski definition) is 7. The van der Waals surface area contributed by atoms with E-state index in [0.29, 0.717) is 28.5 Å². The summed E-state index contributed by atoms with van der Waals surface area (Å²) in [5.74, 6) is 0.771. The van der Waals surface area contributed by atoms with Crippen LogP contribution in [0.3, 0.4) is 0 Å². The summed E-state index contributed by atoms with van der Waals surface area (Å²) < 4.78 is 7.74. The third-order valence-electron chi connectivity index (χ3n) is 5.69. The number of carbonyl (C=O) groups is 1. The summed E-state index contributed by atoms with van der Waals surface area (Å²) in [5, 5.41) is 3.59. The van der Waals surface area contributed by atoms with Crippen molar-refractivity contribution in [3.8, 4) is 34.1 Å².